The molecule has 0 aliphatic rings. The first-order chi connectivity index (χ1) is 10.3. The van der Waals surface area contributed by atoms with E-state index in [1.54, 1.807) is 18.5 Å². The molecule has 2 aromatic rings. The highest BCUT2D eigenvalue weighted by atomic mass is 16.1. The van der Waals surface area contributed by atoms with Gasteiger partial charge in [-0.05, 0) is 36.6 Å². The van der Waals surface area contributed by atoms with Crippen molar-refractivity contribution < 1.29 is 4.79 Å². The van der Waals surface area contributed by atoms with Crippen LogP contribution in [-0.2, 0) is 6.42 Å². The second kappa shape index (κ2) is 7.99. The van der Waals surface area contributed by atoms with Gasteiger partial charge in [0.1, 0.15) is 5.82 Å². The molecule has 21 heavy (non-hydrogen) atoms. The summed E-state index contributed by atoms with van der Waals surface area (Å²) in [4.78, 5) is 20.2. The molecule has 0 fully saturated rings. The number of carbonyl (C=O) groups excluding carboxylic acids is 1. The van der Waals surface area contributed by atoms with Crippen LogP contribution in [0.1, 0.15) is 29.3 Å². The zero-order valence-corrected chi connectivity index (χ0v) is 12.2. The van der Waals surface area contributed by atoms with Crippen LogP contribution >= 0.6 is 0 Å². The number of nitrogens with zero attached hydrogens (tertiary/aromatic N) is 2. The number of hydrogen-bond donors (Lipinski definition) is 2. The van der Waals surface area contributed by atoms with Crippen LogP contribution in [-0.4, -0.2) is 29.0 Å². The Labute approximate surface area is 124 Å². The molecule has 0 bridgehead atoms. The standard InChI is InChI=1S/C16H20N4O/c1-2-8-18-15-6-5-14(12-20-15)16(21)19-10-7-13-4-3-9-17-11-13/h3-6,9,11-12H,2,7-8,10H2,1H3,(H,18,20)(H,19,21). The van der Waals surface area contributed by atoms with Gasteiger partial charge in [-0.2, -0.15) is 0 Å². The van der Waals surface area contributed by atoms with Crippen LogP contribution in [0, 0.1) is 0 Å². The van der Waals surface area contributed by atoms with Crippen LogP contribution in [0.5, 0.6) is 0 Å². The quantitative estimate of drug-likeness (QED) is 0.818. The van der Waals surface area contributed by atoms with Gasteiger partial charge in [-0.15, -0.1) is 0 Å². The Balaban J connectivity index is 1.80. The van der Waals surface area contributed by atoms with Crippen molar-refractivity contribution in [2.45, 2.75) is 19.8 Å². The lowest BCUT2D eigenvalue weighted by Crippen LogP contribution is -2.25. The highest BCUT2D eigenvalue weighted by Crippen LogP contribution is 2.05. The highest BCUT2D eigenvalue weighted by Gasteiger charge is 2.05. The van der Waals surface area contributed by atoms with E-state index in [1.807, 2.05) is 24.4 Å². The molecule has 0 spiro atoms. The summed E-state index contributed by atoms with van der Waals surface area (Å²) in [5, 5.41) is 6.06. The summed E-state index contributed by atoms with van der Waals surface area (Å²) in [6.07, 6.45) is 6.95. The zero-order chi connectivity index (χ0) is 14.9. The summed E-state index contributed by atoms with van der Waals surface area (Å²) < 4.78 is 0. The molecule has 0 saturated carbocycles. The molecule has 5 nitrogen and oxygen atoms in total. The Bertz CT molecular complexity index is 554. The predicted molar refractivity (Wildman–Crippen MR) is 83.3 cm³/mol. The van der Waals surface area contributed by atoms with Gasteiger partial charge in [0.15, 0.2) is 0 Å². The number of hydrogen-bond acceptors (Lipinski definition) is 4. The molecule has 2 N–H and O–H groups in total. The average Bonchev–Trinajstić information content (AvgIpc) is 2.54. The molecule has 0 radical (unpaired) electrons. The number of aromatic nitrogens is 2. The summed E-state index contributed by atoms with van der Waals surface area (Å²) >= 11 is 0. The van der Waals surface area contributed by atoms with E-state index in [0.717, 1.165) is 30.8 Å². The normalized spacial score (nSPS) is 10.1. The Morgan fingerprint density at radius 3 is 2.76 bits per heavy atom. The van der Waals surface area contributed by atoms with Crippen molar-refractivity contribution in [3.05, 3.63) is 54.0 Å². The zero-order valence-electron chi connectivity index (χ0n) is 12.2. The van der Waals surface area contributed by atoms with Crippen molar-refractivity contribution in [3.8, 4) is 0 Å². The fraction of sp³-hybridized carbons (Fsp3) is 0.312. The fourth-order valence-electron chi connectivity index (χ4n) is 1.85. The van der Waals surface area contributed by atoms with E-state index in [4.69, 9.17) is 0 Å². The van der Waals surface area contributed by atoms with Gasteiger partial charge in [-0.25, -0.2) is 4.98 Å². The molecule has 0 atom stereocenters. The minimum atomic E-state index is -0.103. The van der Waals surface area contributed by atoms with E-state index in [0.29, 0.717) is 12.1 Å². The minimum absolute atomic E-state index is 0.103. The van der Waals surface area contributed by atoms with Crippen molar-refractivity contribution in [2.24, 2.45) is 0 Å². The lowest BCUT2D eigenvalue weighted by atomic mass is 10.2. The molecule has 0 unspecified atom stereocenters. The molecule has 0 aromatic carbocycles. The number of anilines is 1. The van der Waals surface area contributed by atoms with Crippen molar-refractivity contribution >= 4 is 11.7 Å². The third kappa shape index (κ3) is 4.87. The van der Waals surface area contributed by atoms with E-state index in [1.165, 1.54) is 0 Å². The Hall–Kier alpha value is -2.43. The third-order valence-electron chi connectivity index (χ3n) is 3.00. The number of amides is 1. The maximum Gasteiger partial charge on any atom is 0.252 e. The number of nitrogens with one attached hydrogen (secondary N) is 2. The molecule has 2 rings (SSSR count). The highest BCUT2D eigenvalue weighted by molar-refractivity contribution is 5.94. The molecule has 2 aromatic heterocycles. The van der Waals surface area contributed by atoms with E-state index in [-0.39, 0.29) is 5.91 Å². The SMILES string of the molecule is CCCNc1ccc(C(=O)NCCc2cccnc2)cn1. The maximum atomic E-state index is 12.0. The van der Waals surface area contributed by atoms with Crippen molar-refractivity contribution in [2.75, 3.05) is 18.4 Å². The number of carbonyl (C=O) groups is 1. The molecule has 1 amide bonds. The van der Waals surface area contributed by atoms with E-state index < -0.39 is 0 Å². The molecule has 0 saturated heterocycles. The molecule has 0 aliphatic carbocycles. The monoisotopic (exact) mass is 284 g/mol. The molecular formula is C16H20N4O. The predicted octanol–water partition coefficient (Wildman–Crippen LogP) is 2.27. The van der Waals surface area contributed by atoms with Crippen LogP contribution in [0.2, 0.25) is 0 Å². The summed E-state index contributed by atoms with van der Waals surface area (Å²) in [6, 6.07) is 7.49. The van der Waals surface area contributed by atoms with Crippen molar-refractivity contribution in [1.29, 1.82) is 0 Å². The van der Waals surface area contributed by atoms with Crippen LogP contribution in [0.4, 0.5) is 5.82 Å². The molecule has 0 aliphatic heterocycles. The van der Waals surface area contributed by atoms with Crippen LogP contribution < -0.4 is 10.6 Å². The second-order valence-electron chi connectivity index (χ2n) is 4.73. The topological polar surface area (TPSA) is 66.9 Å². The Kier molecular flexibility index (Phi) is 5.70. The summed E-state index contributed by atoms with van der Waals surface area (Å²) in [5.41, 5.74) is 1.68. The lowest BCUT2D eigenvalue weighted by molar-refractivity contribution is 0.0954. The van der Waals surface area contributed by atoms with Gasteiger partial charge in [-0.3, -0.25) is 9.78 Å². The van der Waals surface area contributed by atoms with Gasteiger partial charge >= 0.3 is 0 Å². The van der Waals surface area contributed by atoms with Gasteiger partial charge in [0, 0.05) is 31.7 Å². The van der Waals surface area contributed by atoms with Gasteiger partial charge < -0.3 is 10.6 Å². The van der Waals surface area contributed by atoms with Gasteiger partial charge in [0.25, 0.3) is 5.91 Å². The van der Waals surface area contributed by atoms with E-state index in [2.05, 4.69) is 27.5 Å². The minimum Gasteiger partial charge on any atom is -0.370 e. The summed E-state index contributed by atoms with van der Waals surface area (Å²) in [7, 11) is 0. The maximum absolute atomic E-state index is 12.0. The molecule has 2 heterocycles. The van der Waals surface area contributed by atoms with E-state index in [9.17, 15) is 4.79 Å². The largest absolute Gasteiger partial charge is 0.370 e. The van der Waals surface area contributed by atoms with Crippen molar-refractivity contribution in [3.63, 3.8) is 0 Å². The third-order valence-corrected chi connectivity index (χ3v) is 3.00. The Morgan fingerprint density at radius 1 is 1.19 bits per heavy atom. The summed E-state index contributed by atoms with van der Waals surface area (Å²) in [5.74, 6) is 0.692. The number of rotatable bonds is 7. The first kappa shape index (κ1) is 15.0. The fourth-order valence-corrected chi connectivity index (χ4v) is 1.85. The first-order valence-corrected chi connectivity index (χ1v) is 7.16. The van der Waals surface area contributed by atoms with Crippen molar-refractivity contribution in [1.82, 2.24) is 15.3 Å². The average molecular weight is 284 g/mol. The molecule has 5 heteroatoms. The van der Waals surface area contributed by atoms with Gasteiger partial charge in [0.2, 0.25) is 0 Å². The van der Waals surface area contributed by atoms with Crippen LogP contribution in [0.15, 0.2) is 42.9 Å². The molecular weight excluding hydrogens is 264 g/mol. The van der Waals surface area contributed by atoms with Crippen LogP contribution in [0.25, 0.3) is 0 Å². The summed E-state index contributed by atoms with van der Waals surface area (Å²) in [6.45, 7) is 3.56. The number of pyridine rings is 2. The lowest BCUT2D eigenvalue weighted by Gasteiger charge is -2.07. The first-order valence-electron chi connectivity index (χ1n) is 7.16. The molecule has 110 valence electrons. The smallest absolute Gasteiger partial charge is 0.252 e. The second-order valence-corrected chi connectivity index (χ2v) is 4.73. The van der Waals surface area contributed by atoms with Gasteiger partial charge in [-0.1, -0.05) is 13.0 Å². The van der Waals surface area contributed by atoms with E-state index >= 15 is 0 Å². The van der Waals surface area contributed by atoms with Crippen LogP contribution in [0.3, 0.4) is 0 Å². The van der Waals surface area contributed by atoms with Gasteiger partial charge in [0.05, 0.1) is 5.56 Å². The Morgan fingerprint density at radius 2 is 2.10 bits per heavy atom.